The van der Waals surface area contributed by atoms with Gasteiger partial charge in [-0.25, -0.2) is 10.2 Å². The van der Waals surface area contributed by atoms with Crippen LogP contribution in [-0.2, 0) is 11.8 Å². The summed E-state index contributed by atoms with van der Waals surface area (Å²) in [5.41, 5.74) is 9.67. The molecule has 12 nitrogen and oxygen atoms in total. The number of urea groups is 1. The standard InChI is InChI=1S/C32H43N9O3/c1-3-13-33-35-31(43)24-4-6-25(7-5-24)40-19-17-38(18-20-40)22-23-10-14-39(15-11-23)26-8-9-27-28(21-26)37(2)36-30(27)41-16-12-29(42)34-32(41)44/h4-9,21,23,33H,3,10-20,22H2,1-2H3,(H,35,43)(H,34,42,44). The predicted molar refractivity (Wildman–Crippen MR) is 172 cm³/mol. The van der Waals surface area contributed by atoms with Crippen molar-refractivity contribution in [1.82, 2.24) is 30.8 Å². The minimum absolute atomic E-state index is 0.101. The molecule has 3 aliphatic rings. The number of fused-ring (bicyclic) bond motifs is 1. The molecule has 0 radical (unpaired) electrons. The lowest BCUT2D eigenvalue weighted by molar-refractivity contribution is -0.120. The van der Waals surface area contributed by atoms with Gasteiger partial charge in [0.15, 0.2) is 5.82 Å². The molecule has 3 aromatic rings. The van der Waals surface area contributed by atoms with Gasteiger partial charge in [0, 0.05) is 94.7 Å². The number of nitrogens with zero attached hydrogens (tertiary/aromatic N) is 6. The number of aryl methyl sites for hydroxylation is 1. The second kappa shape index (κ2) is 13.2. The summed E-state index contributed by atoms with van der Waals surface area (Å²) in [6.45, 7) is 10.4. The third-order valence-corrected chi connectivity index (χ3v) is 9.07. The Morgan fingerprint density at radius 3 is 2.34 bits per heavy atom. The van der Waals surface area contributed by atoms with Crippen molar-refractivity contribution in [3.8, 4) is 0 Å². The number of imide groups is 1. The van der Waals surface area contributed by atoms with E-state index in [1.165, 1.54) is 11.4 Å². The van der Waals surface area contributed by atoms with Gasteiger partial charge < -0.3 is 9.80 Å². The number of piperidine rings is 1. The molecule has 0 unspecified atom stereocenters. The highest BCUT2D eigenvalue weighted by Crippen LogP contribution is 2.32. The van der Waals surface area contributed by atoms with Gasteiger partial charge >= 0.3 is 6.03 Å². The quantitative estimate of drug-likeness (QED) is 0.253. The zero-order chi connectivity index (χ0) is 30.6. The van der Waals surface area contributed by atoms with Crippen LogP contribution in [-0.4, -0.2) is 91.4 Å². The summed E-state index contributed by atoms with van der Waals surface area (Å²) in [6.07, 6.45) is 3.56. The first-order chi connectivity index (χ1) is 21.4. The highest BCUT2D eigenvalue weighted by molar-refractivity contribution is 6.09. The zero-order valence-electron chi connectivity index (χ0n) is 25.7. The molecule has 3 saturated heterocycles. The van der Waals surface area contributed by atoms with Gasteiger partial charge in [0.1, 0.15) is 0 Å². The van der Waals surface area contributed by atoms with Gasteiger partial charge in [-0.05, 0) is 67.6 Å². The van der Waals surface area contributed by atoms with Crippen molar-refractivity contribution in [2.75, 3.05) is 73.6 Å². The van der Waals surface area contributed by atoms with E-state index in [4.69, 9.17) is 0 Å². The Kier molecular flexibility index (Phi) is 8.99. The van der Waals surface area contributed by atoms with Crippen LogP contribution >= 0.6 is 0 Å². The molecule has 4 heterocycles. The SMILES string of the molecule is CCCNNC(=O)c1ccc(N2CCN(CC3CCN(c4ccc5c(N6CCC(=O)NC6=O)nn(C)c5c4)CC3)CC2)cc1. The molecule has 44 heavy (non-hydrogen) atoms. The van der Waals surface area contributed by atoms with Gasteiger partial charge in [0.2, 0.25) is 5.91 Å². The van der Waals surface area contributed by atoms with Gasteiger partial charge in [0.05, 0.1) is 5.52 Å². The van der Waals surface area contributed by atoms with Crippen molar-refractivity contribution in [3.05, 3.63) is 48.0 Å². The van der Waals surface area contributed by atoms with Crippen molar-refractivity contribution in [1.29, 1.82) is 0 Å². The Bertz CT molecular complexity index is 1490. The first-order valence-corrected chi connectivity index (χ1v) is 15.8. The monoisotopic (exact) mass is 601 g/mol. The van der Waals surface area contributed by atoms with Crippen LogP contribution in [0.15, 0.2) is 42.5 Å². The van der Waals surface area contributed by atoms with Gasteiger partial charge in [-0.1, -0.05) is 6.92 Å². The first-order valence-electron chi connectivity index (χ1n) is 15.8. The topological polar surface area (TPSA) is 118 Å². The molecule has 3 aliphatic heterocycles. The predicted octanol–water partition coefficient (Wildman–Crippen LogP) is 2.70. The molecule has 0 bridgehead atoms. The van der Waals surface area contributed by atoms with Crippen molar-refractivity contribution in [3.63, 3.8) is 0 Å². The number of carbonyl (C=O) groups is 3. The van der Waals surface area contributed by atoms with Gasteiger partial charge in [0.25, 0.3) is 5.91 Å². The zero-order valence-corrected chi connectivity index (χ0v) is 25.7. The molecule has 0 atom stereocenters. The number of carbonyl (C=O) groups excluding carboxylic acids is 3. The number of piperazine rings is 1. The number of anilines is 3. The largest absolute Gasteiger partial charge is 0.371 e. The molecular weight excluding hydrogens is 558 g/mol. The van der Waals surface area contributed by atoms with E-state index in [1.807, 2.05) is 23.9 Å². The Morgan fingerprint density at radius 2 is 1.64 bits per heavy atom. The van der Waals surface area contributed by atoms with Crippen molar-refractivity contribution in [2.45, 2.75) is 32.6 Å². The fourth-order valence-electron chi connectivity index (χ4n) is 6.48. The van der Waals surface area contributed by atoms with E-state index in [0.717, 1.165) is 82.5 Å². The van der Waals surface area contributed by atoms with Gasteiger partial charge in [-0.15, -0.1) is 0 Å². The van der Waals surface area contributed by atoms with Gasteiger partial charge in [-0.2, -0.15) is 5.10 Å². The average Bonchev–Trinajstić information content (AvgIpc) is 3.37. The Balaban J connectivity index is 0.978. The van der Waals surface area contributed by atoms with Crippen LogP contribution in [0.25, 0.3) is 10.9 Å². The smallest absolute Gasteiger partial charge is 0.329 e. The summed E-state index contributed by atoms with van der Waals surface area (Å²) in [4.78, 5) is 45.3. The summed E-state index contributed by atoms with van der Waals surface area (Å²) in [5, 5.41) is 7.93. The summed E-state index contributed by atoms with van der Waals surface area (Å²) >= 11 is 0. The third kappa shape index (κ3) is 6.51. The van der Waals surface area contributed by atoms with Crippen LogP contribution < -0.4 is 30.9 Å². The number of hydrogen-bond donors (Lipinski definition) is 3. The highest BCUT2D eigenvalue weighted by Gasteiger charge is 2.29. The van der Waals surface area contributed by atoms with Crippen LogP contribution in [0.1, 0.15) is 43.0 Å². The lowest BCUT2D eigenvalue weighted by Gasteiger charge is -2.40. The molecule has 2 aromatic carbocycles. The van der Waals surface area contributed by atoms with Crippen LogP contribution in [0.5, 0.6) is 0 Å². The van der Waals surface area contributed by atoms with E-state index in [1.54, 1.807) is 4.90 Å². The lowest BCUT2D eigenvalue weighted by Crippen LogP contribution is -2.49. The summed E-state index contributed by atoms with van der Waals surface area (Å²) in [6, 6.07) is 13.8. The van der Waals surface area contributed by atoms with E-state index >= 15 is 0 Å². The number of rotatable bonds is 9. The van der Waals surface area contributed by atoms with Crippen molar-refractivity contribution >= 4 is 45.9 Å². The number of aromatic nitrogens is 2. The van der Waals surface area contributed by atoms with E-state index in [-0.39, 0.29) is 18.2 Å². The number of benzene rings is 2. The normalized spacial score (nSPS) is 18.6. The molecule has 3 fully saturated rings. The maximum atomic E-state index is 12.4. The molecule has 4 amide bonds. The van der Waals surface area contributed by atoms with Crippen molar-refractivity contribution < 1.29 is 14.4 Å². The maximum Gasteiger partial charge on any atom is 0.329 e. The van der Waals surface area contributed by atoms with Crippen LogP contribution in [0.4, 0.5) is 22.0 Å². The highest BCUT2D eigenvalue weighted by atomic mass is 16.2. The van der Waals surface area contributed by atoms with E-state index in [9.17, 15) is 14.4 Å². The fraction of sp³-hybridized carbons (Fsp3) is 0.500. The first kappa shape index (κ1) is 29.9. The molecule has 12 heteroatoms. The third-order valence-electron chi connectivity index (χ3n) is 9.07. The molecule has 234 valence electrons. The summed E-state index contributed by atoms with van der Waals surface area (Å²) in [5.74, 6) is 0.932. The Labute approximate surface area is 258 Å². The van der Waals surface area contributed by atoms with E-state index in [2.05, 4.69) is 73.2 Å². The van der Waals surface area contributed by atoms with Crippen molar-refractivity contribution in [2.24, 2.45) is 13.0 Å². The Hall–Kier alpha value is -4.16. The summed E-state index contributed by atoms with van der Waals surface area (Å²) < 4.78 is 1.82. The number of nitrogens with one attached hydrogen (secondary N) is 3. The molecular formula is C32H43N9O3. The minimum atomic E-state index is -0.413. The Morgan fingerprint density at radius 1 is 0.932 bits per heavy atom. The fourth-order valence-corrected chi connectivity index (χ4v) is 6.48. The summed E-state index contributed by atoms with van der Waals surface area (Å²) in [7, 11) is 1.90. The number of hydrogen-bond acceptors (Lipinski definition) is 8. The lowest BCUT2D eigenvalue weighted by atomic mass is 9.95. The minimum Gasteiger partial charge on any atom is -0.371 e. The second-order valence-electron chi connectivity index (χ2n) is 12.0. The molecule has 3 N–H and O–H groups in total. The van der Waals surface area contributed by atoms with Gasteiger partial charge in [-0.3, -0.25) is 34.8 Å². The molecule has 6 rings (SSSR count). The van der Waals surface area contributed by atoms with Crippen LogP contribution in [0, 0.1) is 5.92 Å². The van der Waals surface area contributed by atoms with Crippen LogP contribution in [0.3, 0.4) is 0 Å². The average molecular weight is 602 g/mol. The molecule has 0 spiro atoms. The number of amides is 4. The van der Waals surface area contributed by atoms with E-state index in [0.29, 0.717) is 23.8 Å². The molecule has 0 saturated carbocycles. The van der Waals surface area contributed by atoms with Crippen LogP contribution in [0.2, 0.25) is 0 Å². The number of hydrazine groups is 1. The maximum absolute atomic E-state index is 12.4. The molecule has 1 aromatic heterocycles. The second-order valence-corrected chi connectivity index (χ2v) is 12.0. The molecule has 0 aliphatic carbocycles. The van der Waals surface area contributed by atoms with E-state index < -0.39 is 6.03 Å².